The summed E-state index contributed by atoms with van der Waals surface area (Å²) in [5, 5.41) is 13.2. The minimum absolute atomic E-state index is 0.0851. The Hall–Kier alpha value is -2.28. The molecule has 0 fully saturated rings. The lowest BCUT2D eigenvalue weighted by Crippen LogP contribution is -2.19. The van der Waals surface area contributed by atoms with Gasteiger partial charge in [0.15, 0.2) is 0 Å². The van der Waals surface area contributed by atoms with Gasteiger partial charge in [-0.15, -0.1) is 10.2 Å². The number of amides is 2. The standard InChI is InChI=1S/C12H12N4O2S/c1-8(17)13-6-9-2-4-10(5-3-9)11(18)15-12-16-14-7-19-12/h2-5,7H,6H2,1H3,(H,13,17)(H,15,16,18). The van der Waals surface area contributed by atoms with Crippen LogP contribution < -0.4 is 10.6 Å². The zero-order valence-corrected chi connectivity index (χ0v) is 11.0. The number of nitrogens with one attached hydrogen (secondary N) is 2. The SMILES string of the molecule is CC(=O)NCc1ccc(C(=O)Nc2nncs2)cc1. The van der Waals surface area contributed by atoms with Crippen LogP contribution in [0.5, 0.6) is 0 Å². The van der Waals surface area contributed by atoms with Crippen molar-refractivity contribution in [3.05, 3.63) is 40.9 Å². The molecule has 0 unspecified atom stereocenters. The maximum absolute atomic E-state index is 11.8. The van der Waals surface area contributed by atoms with Crippen LogP contribution >= 0.6 is 11.3 Å². The highest BCUT2D eigenvalue weighted by Crippen LogP contribution is 2.11. The Morgan fingerprint density at radius 3 is 2.58 bits per heavy atom. The molecule has 0 saturated heterocycles. The summed E-state index contributed by atoms with van der Waals surface area (Å²) >= 11 is 1.26. The predicted molar refractivity (Wildman–Crippen MR) is 71.8 cm³/mol. The summed E-state index contributed by atoms with van der Waals surface area (Å²) < 4.78 is 0. The monoisotopic (exact) mass is 276 g/mol. The van der Waals surface area contributed by atoms with Crippen LogP contribution in [0.4, 0.5) is 5.13 Å². The van der Waals surface area contributed by atoms with E-state index in [2.05, 4.69) is 20.8 Å². The molecule has 0 aliphatic heterocycles. The first-order valence-electron chi connectivity index (χ1n) is 5.56. The topological polar surface area (TPSA) is 84.0 Å². The number of aromatic nitrogens is 2. The number of hydrogen-bond acceptors (Lipinski definition) is 5. The molecule has 2 amide bonds. The molecule has 0 saturated carbocycles. The van der Waals surface area contributed by atoms with Gasteiger partial charge in [-0.05, 0) is 17.7 Å². The quantitative estimate of drug-likeness (QED) is 0.884. The maximum Gasteiger partial charge on any atom is 0.257 e. The van der Waals surface area contributed by atoms with E-state index in [1.54, 1.807) is 29.8 Å². The van der Waals surface area contributed by atoms with Gasteiger partial charge in [0.05, 0.1) is 0 Å². The van der Waals surface area contributed by atoms with E-state index in [1.807, 2.05) is 0 Å². The number of anilines is 1. The third-order valence-corrected chi connectivity index (χ3v) is 2.94. The van der Waals surface area contributed by atoms with E-state index in [9.17, 15) is 9.59 Å². The van der Waals surface area contributed by atoms with Crippen molar-refractivity contribution in [1.29, 1.82) is 0 Å². The summed E-state index contributed by atoms with van der Waals surface area (Å²) in [6.07, 6.45) is 0. The number of rotatable bonds is 4. The Morgan fingerprint density at radius 1 is 1.26 bits per heavy atom. The van der Waals surface area contributed by atoms with Crippen molar-refractivity contribution in [3.8, 4) is 0 Å². The number of hydrogen-bond donors (Lipinski definition) is 2. The molecule has 1 aromatic carbocycles. The molecular formula is C12H12N4O2S. The third kappa shape index (κ3) is 3.85. The molecule has 2 N–H and O–H groups in total. The van der Waals surface area contributed by atoms with Crippen LogP contribution in [0.1, 0.15) is 22.8 Å². The molecule has 98 valence electrons. The number of carbonyl (C=O) groups is 2. The van der Waals surface area contributed by atoms with Gasteiger partial charge in [-0.3, -0.25) is 14.9 Å². The second-order valence-corrected chi connectivity index (χ2v) is 4.64. The number of carbonyl (C=O) groups excluding carboxylic acids is 2. The fourth-order valence-electron chi connectivity index (χ4n) is 1.40. The number of nitrogens with zero attached hydrogens (tertiary/aromatic N) is 2. The average Bonchev–Trinajstić information content (AvgIpc) is 2.89. The Labute approximate surface area is 113 Å². The average molecular weight is 276 g/mol. The van der Waals surface area contributed by atoms with Gasteiger partial charge >= 0.3 is 0 Å². The smallest absolute Gasteiger partial charge is 0.257 e. The normalized spacial score (nSPS) is 9.95. The van der Waals surface area contributed by atoms with Gasteiger partial charge in [0.2, 0.25) is 11.0 Å². The molecule has 1 heterocycles. The van der Waals surface area contributed by atoms with Gasteiger partial charge in [-0.1, -0.05) is 23.5 Å². The Morgan fingerprint density at radius 2 is 2.00 bits per heavy atom. The zero-order chi connectivity index (χ0) is 13.7. The lowest BCUT2D eigenvalue weighted by atomic mass is 10.1. The molecule has 0 spiro atoms. The summed E-state index contributed by atoms with van der Waals surface area (Å²) in [7, 11) is 0. The fraction of sp³-hybridized carbons (Fsp3) is 0.167. The van der Waals surface area contributed by atoms with Gasteiger partial charge in [0.25, 0.3) is 5.91 Å². The van der Waals surface area contributed by atoms with Crippen LogP contribution in [0.25, 0.3) is 0 Å². The number of benzene rings is 1. The minimum atomic E-state index is -0.233. The van der Waals surface area contributed by atoms with E-state index in [-0.39, 0.29) is 11.8 Å². The van der Waals surface area contributed by atoms with Crippen LogP contribution in [0.2, 0.25) is 0 Å². The highest BCUT2D eigenvalue weighted by molar-refractivity contribution is 7.13. The van der Waals surface area contributed by atoms with Gasteiger partial charge in [0, 0.05) is 19.0 Å². The van der Waals surface area contributed by atoms with E-state index in [4.69, 9.17) is 0 Å². The molecule has 0 atom stereocenters. The molecule has 2 aromatic rings. The van der Waals surface area contributed by atoms with Crippen molar-refractivity contribution in [1.82, 2.24) is 15.5 Å². The van der Waals surface area contributed by atoms with Crippen molar-refractivity contribution in [3.63, 3.8) is 0 Å². The summed E-state index contributed by atoms with van der Waals surface area (Å²) in [6.45, 7) is 1.91. The van der Waals surface area contributed by atoms with Gasteiger partial charge in [-0.2, -0.15) is 0 Å². The van der Waals surface area contributed by atoms with E-state index >= 15 is 0 Å². The second-order valence-electron chi connectivity index (χ2n) is 3.80. The molecule has 7 heteroatoms. The summed E-state index contributed by atoms with van der Waals surface area (Å²) in [6, 6.07) is 7.00. The van der Waals surface area contributed by atoms with Crippen LogP contribution in [-0.4, -0.2) is 22.0 Å². The molecule has 0 aliphatic rings. The van der Waals surface area contributed by atoms with Gasteiger partial charge in [0.1, 0.15) is 5.51 Å². The van der Waals surface area contributed by atoms with E-state index < -0.39 is 0 Å². The fourth-order valence-corrected chi connectivity index (χ4v) is 1.84. The molecule has 2 rings (SSSR count). The molecular weight excluding hydrogens is 264 g/mol. The van der Waals surface area contributed by atoms with Crippen molar-refractivity contribution in [2.24, 2.45) is 0 Å². The molecule has 0 aliphatic carbocycles. The lowest BCUT2D eigenvalue weighted by Gasteiger charge is -2.04. The second kappa shape index (κ2) is 6.05. The molecule has 19 heavy (non-hydrogen) atoms. The maximum atomic E-state index is 11.8. The Kier molecular flexibility index (Phi) is 4.19. The van der Waals surface area contributed by atoms with Gasteiger partial charge < -0.3 is 5.32 Å². The van der Waals surface area contributed by atoms with Crippen LogP contribution in [-0.2, 0) is 11.3 Å². The molecule has 6 nitrogen and oxygen atoms in total. The molecule has 0 radical (unpaired) electrons. The first kappa shape index (κ1) is 13.2. The van der Waals surface area contributed by atoms with Crippen molar-refractivity contribution in [2.75, 3.05) is 5.32 Å². The Bertz CT molecular complexity index is 566. The first-order valence-corrected chi connectivity index (χ1v) is 6.44. The van der Waals surface area contributed by atoms with Crippen LogP contribution in [0, 0.1) is 0 Å². The van der Waals surface area contributed by atoms with Gasteiger partial charge in [-0.25, -0.2) is 0 Å². The molecule has 0 bridgehead atoms. The lowest BCUT2D eigenvalue weighted by molar-refractivity contribution is -0.119. The third-order valence-electron chi connectivity index (χ3n) is 2.34. The largest absolute Gasteiger partial charge is 0.352 e. The van der Waals surface area contributed by atoms with E-state index in [0.29, 0.717) is 17.2 Å². The van der Waals surface area contributed by atoms with E-state index in [1.165, 1.54) is 18.3 Å². The van der Waals surface area contributed by atoms with Crippen molar-refractivity contribution < 1.29 is 9.59 Å². The van der Waals surface area contributed by atoms with Crippen LogP contribution in [0.15, 0.2) is 29.8 Å². The van der Waals surface area contributed by atoms with Crippen molar-refractivity contribution >= 4 is 28.3 Å². The first-order chi connectivity index (χ1) is 9.15. The summed E-state index contributed by atoms with van der Waals surface area (Å²) in [5.74, 6) is -0.319. The Balaban J connectivity index is 1.97. The summed E-state index contributed by atoms with van der Waals surface area (Å²) in [4.78, 5) is 22.6. The zero-order valence-electron chi connectivity index (χ0n) is 10.2. The highest BCUT2D eigenvalue weighted by Gasteiger charge is 2.07. The van der Waals surface area contributed by atoms with E-state index in [0.717, 1.165) is 5.56 Å². The minimum Gasteiger partial charge on any atom is -0.352 e. The molecule has 1 aromatic heterocycles. The highest BCUT2D eigenvalue weighted by atomic mass is 32.1. The summed E-state index contributed by atoms with van der Waals surface area (Å²) in [5.41, 5.74) is 3.01. The van der Waals surface area contributed by atoms with Crippen LogP contribution in [0.3, 0.4) is 0 Å². The predicted octanol–water partition coefficient (Wildman–Crippen LogP) is 1.43. The van der Waals surface area contributed by atoms with Crippen molar-refractivity contribution in [2.45, 2.75) is 13.5 Å².